The molecule has 1 heteroatoms. The largest absolute Gasteiger partial charge is 0.122 e. The highest BCUT2D eigenvalue weighted by Crippen LogP contribution is 2.22. The van der Waals surface area contributed by atoms with Gasteiger partial charge in [0.15, 0.2) is 0 Å². The van der Waals surface area contributed by atoms with Gasteiger partial charge < -0.3 is 0 Å². The third-order valence-corrected chi connectivity index (χ3v) is 2.81. The lowest BCUT2D eigenvalue weighted by Gasteiger charge is -2.04. The lowest BCUT2D eigenvalue weighted by Crippen LogP contribution is -1.85. The van der Waals surface area contributed by atoms with E-state index in [9.17, 15) is 0 Å². The molecule has 0 N–H and O–H groups in total. The molecule has 13 heavy (non-hydrogen) atoms. The second-order valence-electron chi connectivity index (χ2n) is 2.70. The van der Waals surface area contributed by atoms with Crippen LogP contribution in [0.2, 0.25) is 0 Å². The molecule has 0 aromatic heterocycles. The molecule has 0 radical (unpaired) electrons. The molecule has 0 heterocycles. The fourth-order valence-electron chi connectivity index (χ4n) is 1.12. The summed E-state index contributed by atoms with van der Waals surface area (Å²) in [7, 11) is 0. The zero-order valence-corrected chi connectivity index (χ0v) is 8.52. The van der Waals surface area contributed by atoms with E-state index in [1.54, 1.807) is 0 Å². The number of benzene rings is 1. The first kappa shape index (κ1) is 10.1. The summed E-state index contributed by atoms with van der Waals surface area (Å²) in [6.45, 7) is 7.46. The van der Waals surface area contributed by atoms with E-state index in [0.29, 0.717) is 0 Å². The van der Waals surface area contributed by atoms with Crippen molar-refractivity contribution in [1.29, 1.82) is 0 Å². The molecule has 0 bridgehead atoms. The molecular weight excluding hydrogens is 176 g/mol. The van der Waals surface area contributed by atoms with Gasteiger partial charge in [-0.05, 0) is 18.1 Å². The van der Waals surface area contributed by atoms with E-state index < -0.39 is 0 Å². The van der Waals surface area contributed by atoms with Crippen molar-refractivity contribution in [2.45, 2.75) is 11.3 Å². The van der Waals surface area contributed by atoms with Gasteiger partial charge in [0.05, 0.1) is 0 Å². The van der Waals surface area contributed by atoms with Crippen molar-refractivity contribution in [2.75, 3.05) is 5.75 Å². The first-order valence-electron chi connectivity index (χ1n) is 4.31. The second kappa shape index (κ2) is 5.65. The van der Waals surface area contributed by atoms with Crippen molar-refractivity contribution in [2.24, 2.45) is 0 Å². The minimum absolute atomic E-state index is 0.945. The molecule has 0 atom stereocenters. The minimum Gasteiger partial charge on any atom is -0.122 e. The minimum atomic E-state index is 0.945. The molecule has 0 aliphatic carbocycles. The summed E-state index contributed by atoms with van der Waals surface area (Å²) < 4.78 is 0. The van der Waals surface area contributed by atoms with E-state index in [1.165, 1.54) is 10.5 Å². The highest BCUT2D eigenvalue weighted by atomic mass is 32.2. The molecule has 0 aliphatic heterocycles. The standard InChI is InChI=1S/C12H14S/c1-3-7-11-8-5-6-9-12(11)13-10-4-2/h3-6,8-9H,1-2,7,10H2. The molecule has 0 aliphatic rings. The van der Waals surface area contributed by atoms with Crippen LogP contribution in [0.25, 0.3) is 0 Å². The van der Waals surface area contributed by atoms with Gasteiger partial charge in [0.1, 0.15) is 0 Å². The summed E-state index contributed by atoms with van der Waals surface area (Å²) in [5.74, 6) is 0.966. The zero-order valence-electron chi connectivity index (χ0n) is 7.70. The van der Waals surface area contributed by atoms with E-state index in [2.05, 4.69) is 37.4 Å². The normalized spacial score (nSPS) is 9.54. The molecule has 0 fully saturated rings. The van der Waals surface area contributed by atoms with Gasteiger partial charge in [-0.3, -0.25) is 0 Å². The van der Waals surface area contributed by atoms with Gasteiger partial charge >= 0.3 is 0 Å². The first-order chi connectivity index (χ1) is 6.38. The quantitative estimate of drug-likeness (QED) is 0.504. The average molecular weight is 190 g/mol. The highest BCUT2D eigenvalue weighted by molar-refractivity contribution is 7.99. The Morgan fingerprint density at radius 3 is 2.62 bits per heavy atom. The first-order valence-corrected chi connectivity index (χ1v) is 5.29. The Kier molecular flexibility index (Phi) is 4.41. The van der Waals surface area contributed by atoms with Crippen LogP contribution < -0.4 is 0 Å². The van der Waals surface area contributed by atoms with E-state index in [4.69, 9.17) is 0 Å². The summed E-state index contributed by atoms with van der Waals surface area (Å²) in [4.78, 5) is 1.34. The molecule has 0 unspecified atom stereocenters. The van der Waals surface area contributed by atoms with Crippen LogP contribution in [0.15, 0.2) is 54.5 Å². The third kappa shape index (κ3) is 3.11. The van der Waals surface area contributed by atoms with Gasteiger partial charge in [0.2, 0.25) is 0 Å². The van der Waals surface area contributed by atoms with E-state index >= 15 is 0 Å². The van der Waals surface area contributed by atoms with Crippen LogP contribution in [0.5, 0.6) is 0 Å². The van der Waals surface area contributed by atoms with Crippen molar-refractivity contribution >= 4 is 11.8 Å². The van der Waals surface area contributed by atoms with Gasteiger partial charge in [0.25, 0.3) is 0 Å². The smallest absolute Gasteiger partial charge is 0.0158 e. The predicted octanol–water partition coefficient (Wildman–Crippen LogP) is 3.69. The van der Waals surface area contributed by atoms with Gasteiger partial charge in [0, 0.05) is 10.6 Å². The van der Waals surface area contributed by atoms with Crippen LogP contribution in [0.4, 0.5) is 0 Å². The van der Waals surface area contributed by atoms with Crippen LogP contribution >= 0.6 is 11.8 Å². The second-order valence-corrected chi connectivity index (χ2v) is 3.76. The number of thioether (sulfide) groups is 1. The maximum Gasteiger partial charge on any atom is 0.0158 e. The Labute approximate surface area is 84.4 Å². The Balaban J connectivity index is 2.77. The number of hydrogen-bond acceptors (Lipinski definition) is 1. The molecule has 0 amide bonds. The van der Waals surface area contributed by atoms with Gasteiger partial charge in [-0.15, -0.1) is 24.9 Å². The van der Waals surface area contributed by atoms with Crippen molar-refractivity contribution in [3.63, 3.8) is 0 Å². The monoisotopic (exact) mass is 190 g/mol. The van der Waals surface area contributed by atoms with Crippen molar-refractivity contribution < 1.29 is 0 Å². The number of hydrogen-bond donors (Lipinski definition) is 0. The molecular formula is C12H14S. The molecule has 1 aromatic carbocycles. The lowest BCUT2D eigenvalue weighted by molar-refractivity contribution is 1.18. The van der Waals surface area contributed by atoms with Gasteiger partial charge in [-0.1, -0.05) is 30.4 Å². The Morgan fingerprint density at radius 1 is 1.15 bits per heavy atom. The van der Waals surface area contributed by atoms with Crippen LogP contribution in [-0.2, 0) is 6.42 Å². The molecule has 68 valence electrons. The van der Waals surface area contributed by atoms with Crippen LogP contribution in [0.1, 0.15) is 5.56 Å². The molecule has 1 aromatic rings. The number of rotatable bonds is 5. The summed E-state index contributed by atoms with van der Waals surface area (Å²) in [5.41, 5.74) is 1.35. The fourth-order valence-corrected chi connectivity index (χ4v) is 1.93. The van der Waals surface area contributed by atoms with Crippen molar-refractivity contribution in [1.82, 2.24) is 0 Å². The third-order valence-electron chi connectivity index (χ3n) is 1.69. The lowest BCUT2D eigenvalue weighted by atomic mass is 10.1. The van der Waals surface area contributed by atoms with Crippen LogP contribution in [-0.4, -0.2) is 5.75 Å². The van der Waals surface area contributed by atoms with Crippen molar-refractivity contribution in [3.8, 4) is 0 Å². The maximum atomic E-state index is 3.75. The topological polar surface area (TPSA) is 0 Å². The van der Waals surface area contributed by atoms with Gasteiger partial charge in [-0.25, -0.2) is 0 Å². The van der Waals surface area contributed by atoms with Crippen LogP contribution in [0.3, 0.4) is 0 Å². The van der Waals surface area contributed by atoms with E-state index in [1.807, 2.05) is 23.9 Å². The Bertz CT molecular complexity index is 289. The van der Waals surface area contributed by atoms with Crippen LogP contribution in [0, 0.1) is 0 Å². The molecule has 0 spiro atoms. The summed E-state index contributed by atoms with van der Waals surface area (Å²) in [5, 5.41) is 0. The molecule has 0 saturated heterocycles. The molecule has 0 saturated carbocycles. The maximum absolute atomic E-state index is 3.75. The molecule has 1 rings (SSSR count). The van der Waals surface area contributed by atoms with E-state index in [-0.39, 0.29) is 0 Å². The van der Waals surface area contributed by atoms with Crippen molar-refractivity contribution in [3.05, 3.63) is 55.1 Å². The SMILES string of the molecule is C=CCSc1ccccc1CC=C. The van der Waals surface area contributed by atoms with Gasteiger partial charge in [-0.2, -0.15) is 0 Å². The summed E-state index contributed by atoms with van der Waals surface area (Å²) in [6.07, 6.45) is 4.81. The fraction of sp³-hybridized carbons (Fsp3) is 0.167. The summed E-state index contributed by atoms with van der Waals surface area (Å²) in [6, 6.07) is 8.43. The Morgan fingerprint density at radius 2 is 1.92 bits per heavy atom. The molecule has 0 nitrogen and oxygen atoms in total. The average Bonchev–Trinajstić information content (AvgIpc) is 2.17. The Hall–Kier alpha value is -0.950. The highest BCUT2D eigenvalue weighted by Gasteiger charge is 1.98. The summed E-state index contributed by atoms with van der Waals surface area (Å²) >= 11 is 1.82. The number of allylic oxidation sites excluding steroid dienone is 1. The van der Waals surface area contributed by atoms with E-state index in [0.717, 1.165) is 12.2 Å². The predicted molar refractivity (Wildman–Crippen MR) is 61.3 cm³/mol. The zero-order chi connectivity index (χ0) is 9.52.